The predicted octanol–water partition coefficient (Wildman–Crippen LogP) is 1.96. The van der Waals surface area contributed by atoms with Crippen LogP contribution in [0.25, 0.3) is 0 Å². The summed E-state index contributed by atoms with van der Waals surface area (Å²) in [4.78, 5) is 0.359. The second-order valence-electron chi connectivity index (χ2n) is 5.88. The number of rotatable bonds is 3. The fourth-order valence-corrected chi connectivity index (χ4v) is 4.07. The topological polar surface area (TPSA) is 63.4 Å². The van der Waals surface area contributed by atoms with Crippen LogP contribution in [0.3, 0.4) is 0 Å². The molecular weight excluding hydrogens is 260 g/mol. The molecule has 1 aromatic carbocycles. The van der Waals surface area contributed by atoms with Gasteiger partial charge in [0.25, 0.3) is 0 Å². The van der Waals surface area contributed by atoms with E-state index >= 15 is 0 Å². The average molecular weight is 282 g/mol. The zero-order chi connectivity index (χ0) is 14.1. The van der Waals surface area contributed by atoms with E-state index in [0.29, 0.717) is 23.5 Å². The minimum Gasteiger partial charge on any atom is -0.326 e. The first-order chi connectivity index (χ1) is 8.87. The van der Waals surface area contributed by atoms with Crippen molar-refractivity contribution in [2.75, 3.05) is 13.1 Å². The fourth-order valence-electron chi connectivity index (χ4n) is 2.40. The molecule has 0 amide bonds. The van der Waals surface area contributed by atoms with Crippen molar-refractivity contribution in [1.29, 1.82) is 0 Å². The lowest BCUT2D eigenvalue weighted by Crippen LogP contribution is -2.41. The molecule has 1 aliphatic rings. The molecule has 5 heteroatoms. The Bertz CT molecular complexity index is 542. The second kappa shape index (κ2) is 5.23. The molecule has 1 saturated heterocycles. The van der Waals surface area contributed by atoms with Gasteiger partial charge < -0.3 is 5.73 Å². The van der Waals surface area contributed by atoms with Gasteiger partial charge in [-0.05, 0) is 29.9 Å². The zero-order valence-corrected chi connectivity index (χ0v) is 12.4. The Balaban J connectivity index is 2.28. The lowest BCUT2D eigenvalue weighted by molar-refractivity contribution is 0.196. The lowest BCUT2D eigenvalue weighted by atomic mass is 9.83. The van der Waals surface area contributed by atoms with Crippen molar-refractivity contribution in [3.05, 3.63) is 29.8 Å². The molecule has 0 aliphatic carbocycles. The summed E-state index contributed by atoms with van der Waals surface area (Å²) >= 11 is 0. The van der Waals surface area contributed by atoms with Crippen molar-refractivity contribution in [2.24, 2.45) is 11.1 Å². The average Bonchev–Trinajstić information content (AvgIpc) is 2.38. The zero-order valence-electron chi connectivity index (χ0n) is 11.6. The minimum atomic E-state index is -3.40. The van der Waals surface area contributed by atoms with Crippen LogP contribution in [-0.4, -0.2) is 25.8 Å². The summed E-state index contributed by atoms with van der Waals surface area (Å²) in [6.07, 6.45) is 1.80. The molecule has 106 valence electrons. The smallest absolute Gasteiger partial charge is 0.243 e. The Kier molecular flexibility index (Phi) is 3.99. The summed E-state index contributed by atoms with van der Waals surface area (Å²) in [6, 6.07) is 7.00. The van der Waals surface area contributed by atoms with Crippen LogP contribution >= 0.6 is 0 Å². The van der Waals surface area contributed by atoms with Crippen LogP contribution in [0.4, 0.5) is 0 Å². The van der Waals surface area contributed by atoms with Gasteiger partial charge in [0.2, 0.25) is 10.0 Å². The van der Waals surface area contributed by atoms with E-state index in [0.717, 1.165) is 12.8 Å². The molecule has 0 aromatic heterocycles. The molecule has 1 fully saturated rings. The Morgan fingerprint density at radius 3 is 2.37 bits per heavy atom. The molecule has 0 radical (unpaired) electrons. The lowest BCUT2D eigenvalue weighted by Gasteiger charge is -2.36. The van der Waals surface area contributed by atoms with Gasteiger partial charge in [-0.3, -0.25) is 0 Å². The molecule has 2 N–H and O–H groups in total. The molecule has 1 aliphatic heterocycles. The summed E-state index contributed by atoms with van der Waals surface area (Å²) in [5, 5.41) is 0. The van der Waals surface area contributed by atoms with Crippen molar-refractivity contribution in [3.63, 3.8) is 0 Å². The third kappa shape index (κ3) is 2.99. The molecule has 1 heterocycles. The van der Waals surface area contributed by atoms with E-state index in [-0.39, 0.29) is 12.0 Å². The van der Waals surface area contributed by atoms with E-state index in [1.807, 2.05) is 6.07 Å². The summed E-state index contributed by atoms with van der Waals surface area (Å²) < 4.78 is 26.9. The van der Waals surface area contributed by atoms with Crippen LogP contribution < -0.4 is 5.73 Å². The quantitative estimate of drug-likeness (QED) is 0.921. The summed E-state index contributed by atoms with van der Waals surface area (Å²) in [5.41, 5.74) is 6.56. The summed E-state index contributed by atoms with van der Waals surface area (Å²) in [7, 11) is -3.40. The molecule has 4 nitrogen and oxygen atoms in total. The van der Waals surface area contributed by atoms with Gasteiger partial charge in [0.1, 0.15) is 0 Å². The fraction of sp³-hybridized carbons (Fsp3) is 0.571. The largest absolute Gasteiger partial charge is 0.326 e. The van der Waals surface area contributed by atoms with E-state index in [9.17, 15) is 8.42 Å². The van der Waals surface area contributed by atoms with E-state index in [2.05, 4.69) is 13.8 Å². The Hall–Kier alpha value is -0.910. The van der Waals surface area contributed by atoms with Crippen LogP contribution in [0.1, 0.15) is 32.3 Å². The Morgan fingerprint density at radius 1 is 1.21 bits per heavy atom. The highest BCUT2D eigenvalue weighted by Gasteiger charge is 2.33. The maximum atomic E-state index is 12.6. The molecule has 2 rings (SSSR count). The molecular formula is C14H22N2O2S. The van der Waals surface area contributed by atoms with Gasteiger partial charge >= 0.3 is 0 Å². The van der Waals surface area contributed by atoms with E-state index in [1.165, 1.54) is 0 Å². The third-order valence-corrected chi connectivity index (χ3v) is 5.89. The highest BCUT2D eigenvalue weighted by atomic mass is 32.2. The van der Waals surface area contributed by atoms with Gasteiger partial charge in [0.15, 0.2) is 0 Å². The van der Waals surface area contributed by atoms with Gasteiger partial charge in [-0.15, -0.1) is 0 Å². The van der Waals surface area contributed by atoms with Crippen molar-refractivity contribution < 1.29 is 8.42 Å². The first kappa shape index (κ1) is 14.5. The maximum Gasteiger partial charge on any atom is 0.243 e. The standard InChI is InChI=1S/C14H22N2O2S/c1-14(2)7-9-16(10-8-14)19(17,18)13-6-4-3-5-12(13)11-15/h3-6H,7-11,15H2,1-2H3. The van der Waals surface area contributed by atoms with Gasteiger partial charge in [-0.2, -0.15) is 4.31 Å². The van der Waals surface area contributed by atoms with E-state index in [4.69, 9.17) is 5.73 Å². The number of piperidine rings is 1. The van der Waals surface area contributed by atoms with Crippen LogP contribution in [0.15, 0.2) is 29.2 Å². The number of hydrogen-bond donors (Lipinski definition) is 1. The van der Waals surface area contributed by atoms with Crippen molar-refractivity contribution >= 4 is 10.0 Å². The van der Waals surface area contributed by atoms with Crippen molar-refractivity contribution in [3.8, 4) is 0 Å². The van der Waals surface area contributed by atoms with Crippen LogP contribution in [0, 0.1) is 5.41 Å². The van der Waals surface area contributed by atoms with E-state index in [1.54, 1.807) is 22.5 Å². The van der Waals surface area contributed by atoms with Gasteiger partial charge in [-0.1, -0.05) is 32.0 Å². The maximum absolute atomic E-state index is 12.6. The van der Waals surface area contributed by atoms with Gasteiger partial charge in [0.05, 0.1) is 4.90 Å². The highest BCUT2D eigenvalue weighted by Crippen LogP contribution is 2.32. The molecule has 0 atom stereocenters. The number of nitrogens with two attached hydrogens (primary N) is 1. The number of nitrogens with zero attached hydrogens (tertiary/aromatic N) is 1. The molecule has 19 heavy (non-hydrogen) atoms. The normalized spacial score (nSPS) is 20.4. The third-order valence-electron chi connectivity index (χ3n) is 3.89. The van der Waals surface area contributed by atoms with Crippen LogP contribution in [-0.2, 0) is 16.6 Å². The first-order valence-corrected chi connectivity index (χ1v) is 8.09. The van der Waals surface area contributed by atoms with Crippen molar-refractivity contribution in [2.45, 2.75) is 38.1 Å². The molecule has 0 saturated carbocycles. The summed E-state index contributed by atoms with van der Waals surface area (Å²) in [6.45, 7) is 5.80. The molecule has 0 unspecified atom stereocenters. The first-order valence-electron chi connectivity index (χ1n) is 6.65. The highest BCUT2D eigenvalue weighted by molar-refractivity contribution is 7.89. The molecule has 0 spiro atoms. The SMILES string of the molecule is CC1(C)CCN(S(=O)(=O)c2ccccc2CN)CC1. The van der Waals surface area contributed by atoms with Crippen LogP contribution in [0.2, 0.25) is 0 Å². The Labute approximate surface area is 115 Å². The van der Waals surface area contributed by atoms with Crippen LogP contribution in [0.5, 0.6) is 0 Å². The van der Waals surface area contributed by atoms with Gasteiger partial charge in [0, 0.05) is 19.6 Å². The van der Waals surface area contributed by atoms with Gasteiger partial charge in [-0.25, -0.2) is 8.42 Å². The summed E-state index contributed by atoms with van der Waals surface area (Å²) in [5.74, 6) is 0. The Morgan fingerprint density at radius 2 is 1.79 bits per heavy atom. The molecule has 0 bridgehead atoms. The second-order valence-corrected chi connectivity index (χ2v) is 7.79. The minimum absolute atomic E-state index is 0.236. The number of benzene rings is 1. The monoisotopic (exact) mass is 282 g/mol. The van der Waals surface area contributed by atoms with E-state index < -0.39 is 10.0 Å². The molecule has 1 aromatic rings. The number of sulfonamides is 1. The number of hydrogen-bond acceptors (Lipinski definition) is 3. The predicted molar refractivity (Wildman–Crippen MR) is 76.1 cm³/mol. The van der Waals surface area contributed by atoms with Crippen molar-refractivity contribution in [1.82, 2.24) is 4.31 Å².